The van der Waals surface area contributed by atoms with Gasteiger partial charge >= 0.3 is 0 Å². The summed E-state index contributed by atoms with van der Waals surface area (Å²) in [5.41, 5.74) is 0.332. The van der Waals surface area contributed by atoms with E-state index in [9.17, 15) is 4.79 Å². The van der Waals surface area contributed by atoms with Crippen LogP contribution in [-0.4, -0.2) is 10.2 Å². The summed E-state index contributed by atoms with van der Waals surface area (Å²) < 4.78 is 0.330. The Kier molecular flexibility index (Phi) is 2.79. The quantitative estimate of drug-likeness (QED) is 0.562. The zero-order valence-electron chi connectivity index (χ0n) is 5.71. The zero-order valence-corrected chi connectivity index (χ0v) is 8.06. The lowest BCUT2D eigenvalue weighted by molar-refractivity contribution is 0.108. The molecule has 0 aliphatic rings. The molecule has 0 amide bonds. The van der Waals surface area contributed by atoms with Crippen molar-refractivity contribution in [3.05, 3.63) is 28.0 Å². The van der Waals surface area contributed by atoms with Crippen molar-refractivity contribution in [3.63, 3.8) is 0 Å². The first-order chi connectivity index (χ1) is 5.66. The first-order valence-electron chi connectivity index (χ1n) is 2.91. The molecular formula is C7H2BrClN2O. The zero-order chi connectivity index (χ0) is 9.14. The van der Waals surface area contributed by atoms with E-state index >= 15 is 0 Å². The molecular weight excluding hydrogens is 243 g/mol. The minimum Gasteiger partial charge on any atom is -0.276 e. The Morgan fingerprint density at radius 3 is 2.83 bits per heavy atom. The molecule has 0 fully saturated rings. The van der Waals surface area contributed by atoms with E-state index < -0.39 is 5.24 Å². The fourth-order valence-electron chi connectivity index (χ4n) is 0.706. The standard InChI is InChI=1S/C7H2BrClN2O/c8-6-5(3-10)4(7(9)12)1-2-11-6/h1-2H. The molecule has 12 heavy (non-hydrogen) atoms. The average Bonchev–Trinajstić information content (AvgIpc) is 2.03. The molecule has 0 saturated carbocycles. The van der Waals surface area contributed by atoms with Crippen LogP contribution in [0.15, 0.2) is 16.9 Å². The highest BCUT2D eigenvalue weighted by Gasteiger charge is 2.11. The summed E-state index contributed by atoms with van der Waals surface area (Å²) in [6, 6.07) is 3.23. The highest BCUT2D eigenvalue weighted by molar-refractivity contribution is 9.10. The van der Waals surface area contributed by atoms with Gasteiger partial charge in [-0.25, -0.2) is 4.98 Å². The lowest BCUT2D eigenvalue weighted by atomic mass is 10.2. The Balaban J connectivity index is 3.40. The molecule has 1 rings (SSSR count). The highest BCUT2D eigenvalue weighted by Crippen LogP contribution is 2.18. The summed E-state index contributed by atoms with van der Waals surface area (Å²) in [4.78, 5) is 14.5. The molecule has 0 bridgehead atoms. The van der Waals surface area contributed by atoms with Crippen LogP contribution < -0.4 is 0 Å². The van der Waals surface area contributed by atoms with Gasteiger partial charge in [0.2, 0.25) is 0 Å². The van der Waals surface area contributed by atoms with Crippen molar-refractivity contribution in [2.45, 2.75) is 0 Å². The van der Waals surface area contributed by atoms with Gasteiger partial charge in [-0.15, -0.1) is 0 Å². The Morgan fingerprint density at radius 2 is 2.42 bits per heavy atom. The summed E-state index contributed by atoms with van der Waals surface area (Å²) in [7, 11) is 0. The summed E-state index contributed by atoms with van der Waals surface area (Å²) in [5, 5.41) is 7.96. The van der Waals surface area contributed by atoms with E-state index in [1.807, 2.05) is 6.07 Å². The third-order valence-electron chi connectivity index (χ3n) is 1.23. The summed E-state index contributed by atoms with van der Waals surface area (Å²) in [5.74, 6) is 0. The minimum absolute atomic E-state index is 0.164. The molecule has 0 aromatic carbocycles. The fraction of sp³-hybridized carbons (Fsp3) is 0. The lowest BCUT2D eigenvalue weighted by Crippen LogP contribution is -1.96. The predicted molar refractivity (Wildman–Crippen MR) is 46.8 cm³/mol. The third kappa shape index (κ3) is 1.63. The van der Waals surface area contributed by atoms with Crippen molar-refractivity contribution in [1.82, 2.24) is 4.98 Å². The number of hydrogen-bond donors (Lipinski definition) is 0. The lowest BCUT2D eigenvalue weighted by Gasteiger charge is -1.97. The molecule has 0 N–H and O–H groups in total. The van der Waals surface area contributed by atoms with Gasteiger partial charge < -0.3 is 0 Å². The van der Waals surface area contributed by atoms with Gasteiger partial charge in [0, 0.05) is 6.20 Å². The van der Waals surface area contributed by atoms with Crippen molar-refractivity contribution in [1.29, 1.82) is 5.26 Å². The number of nitrogens with zero attached hydrogens (tertiary/aromatic N) is 2. The maximum absolute atomic E-state index is 10.7. The third-order valence-corrected chi connectivity index (χ3v) is 2.03. The van der Waals surface area contributed by atoms with Gasteiger partial charge in [-0.05, 0) is 33.6 Å². The van der Waals surface area contributed by atoms with E-state index in [1.54, 1.807) is 0 Å². The molecule has 0 saturated heterocycles. The maximum atomic E-state index is 10.7. The Bertz CT molecular complexity index is 372. The van der Waals surface area contributed by atoms with Gasteiger partial charge in [0.1, 0.15) is 10.7 Å². The number of carbonyl (C=O) groups is 1. The molecule has 1 heterocycles. The molecule has 60 valence electrons. The van der Waals surface area contributed by atoms with Crippen LogP contribution >= 0.6 is 27.5 Å². The van der Waals surface area contributed by atoms with E-state index in [-0.39, 0.29) is 11.1 Å². The van der Waals surface area contributed by atoms with Crippen LogP contribution in [-0.2, 0) is 0 Å². The molecule has 0 spiro atoms. The van der Waals surface area contributed by atoms with Gasteiger partial charge in [0.05, 0.1) is 11.1 Å². The van der Waals surface area contributed by atoms with Crippen molar-refractivity contribution >= 4 is 32.8 Å². The molecule has 1 aromatic rings. The molecule has 0 aliphatic carbocycles. The normalized spacial score (nSPS) is 9.08. The van der Waals surface area contributed by atoms with E-state index in [1.165, 1.54) is 12.3 Å². The van der Waals surface area contributed by atoms with Crippen LogP contribution in [0.5, 0.6) is 0 Å². The minimum atomic E-state index is -0.658. The number of nitriles is 1. The topological polar surface area (TPSA) is 53.8 Å². The molecule has 1 aromatic heterocycles. The van der Waals surface area contributed by atoms with E-state index in [4.69, 9.17) is 16.9 Å². The highest BCUT2D eigenvalue weighted by atomic mass is 79.9. The predicted octanol–water partition coefficient (Wildman–Crippen LogP) is 2.09. The second-order valence-electron chi connectivity index (χ2n) is 1.91. The van der Waals surface area contributed by atoms with Gasteiger partial charge in [-0.2, -0.15) is 5.26 Å². The van der Waals surface area contributed by atoms with Crippen LogP contribution in [0.25, 0.3) is 0 Å². The Hall–Kier alpha value is -0.920. The monoisotopic (exact) mass is 244 g/mol. The summed E-state index contributed by atoms with van der Waals surface area (Å²) in [6.07, 6.45) is 1.40. The molecule has 5 heteroatoms. The second kappa shape index (κ2) is 3.65. The Labute approximate surface area is 82.1 Å². The number of aromatic nitrogens is 1. The number of hydrogen-bond acceptors (Lipinski definition) is 3. The van der Waals surface area contributed by atoms with Crippen LogP contribution in [0.4, 0.5) is 0 Å². The number of halogens is 2. The van der Waals surface area contributed by atoms with Crippen molar-refractivity contribution in [2.24, 2.45) is 0 Å². The molecule has 0 aliphatic heterocycles. The van der Waals surface area contributed by atoms with Crippen molar-refractivity contribution in [2.75, 3.05) is 0 Å². The number of rotatable bonds is 1. The number of pyridine rings is 1. The van der Waals surface area contributed by atoms with Gasteiger partial charge in [0.15, 0.2) is 0 Å². The summed E-state index contributed by atoms with van der Waals surface area (Å²) in [6.45, 7) is 0. The van der Waals surface area contributed by atoms with Crippen molar-refractivity contribution in [3.8, 4) is 6.07 Å². The smallest absolute Gasteiger partial charge is 0.253 e. The van der Waals surface area contributed by atoms with Gasteiger partial charge in [-0.1, -0.05) is 0 Å². The maximum Gasteiger partial charge on any atom is 0.253 e. The fourth-order valence-corrected chi connectivity index (χ4v) is 1.28. The first-order valence-corrected chi connectivity index (χ1v) is 4.08. The van der Waals surface area contributed by atoms with E-state index in [0.717, 1.165) is 0 Å². The van der Waals surface area contributed by atoms with Gasteiger partial charge in [-0.3, -0.25) is 4.79 Å². The largest absolute Gasteiger partial charge is 0.276 e. The number of carbonyl (C=O) groups excluding carboxylic acids is 1. The van der Waals surface area contributed by atoms with Crippen LogP contribution in [0.2, 0.25) is 0 Å². The average molecular weight is 245 g/mol. The van der Waals surface area contributed by atoms with E-state index in [2.05, 4.69) is 20.9 Å². The molecule has 0 unspecified atom stereocenters. The SMILES string of the molecule is N#Cc1c(C(=O)Cl)ccnc1Br. The first kappa shape index (κ1) is 9.17. The second-order valence-corrected chi connectivity index (χ2v) is 3.00. The van der Waals surface area contributed by atoms with Crippen molar-refractivity contribution < 1.29 is 4.79 Å². The molecule has 0 radical (unpaired) electrons. The van der Waals surface area contributed by atoms with Crippen LogP contribution in [0.3, 0.4) is 0 Å². The molecule has 3 nitrogen and oxygen atoms in total. The van der Waals surface area contributed by atoms with Crippen LogP contribution in [0.1, 0.15) is 15.9 Å². The van der Waals surface area contributed by atoms with Gasteiger partial charge in [0.25, 0.3) is 5.24 Å². The summed E-state index contributed by atoms with van der Waals surface area (Å²) >= 11 is 8.25. The van der Waals surface area contributed by atoms with E-state index in [0.29, 0.717) is 4.60 Å². The van der Waals surface area contributed by atoms with Crippen LogP contribution in [0, 0.1) is 11.3 Å². The molecule has 0 atom stereocenters. The Morgan fingerprint density at radius 1 is 1.75 bits per heavy atom.